The molecule has 35 heavy (non-hydrogen) atoms. The Balaban J connectivity index is 1.57. The van der Waals surface area contributed by atoms with Gasteiger partial charge in [0, 0.05) is 42.7 Å². The van der Waals surface area contributed by atoms with Crippen LogP contribution >= 0.6 is 11.6 Å². The molecule has 1 N–H and O–H groups in total. The van der Waals surface area contributed by atoms with Gasteiger partial charge in [0.1, 0.15) is 22.3 Å². The Morgan fingerprint density at radius 2 is 2.00 bits per heavy atom. The second-order valence-electron chi connectivity index (χ2n) is 9.50. The van der Waals surface area contributed by atoms with Crippen LogP contribution in [0.1, 0.15) is 50.1 Å². The van der Waals surface area contributed by atoms with Gasteiger partial charge in [-0.2, -0.15) is 4.52 Å². The first-order chi connectivity index (χ1) is 16.6. The molecule has 2 aromatic heterocycles. The summed E-state index contributed by atoms with van der Waals surface area (Å²) >= 11 is 6.42. The van der Waals surface area contributed by atoms with Crippen LogP contribution in [0.4, 0.5) is 10.7 Å². The fourth-order valence-electron chi connectivity index (χ4n) is 3.96. The van der Waals surface area contributed by atoms with E-state index in [1.165, 1.54) is 0 Å². The molecule has 1 fully saturated rings. The van der Waals surface area contributed by atoms with Crippen molar-refractivity contribution in [3.05, 3.63) is 40.3 Å². The number of hydrogen-bond donors (Lipinski definition) is 1. The number of amides is 1. The lowest BCUT2D eigenvalue weighted by molar-refractivity contribution is 0.0292. The molecule has 1 amide bonds. The lowest BCUT2D eigenvalue weighted by atomic mass is 10.1. The number of aryl methyl sites for hydroxylation is 1. The number of aromatic nitrogens is 4. The van der Waals surface area contributed by atoms with Crippen molar-refractivity contribution < 1.29 is 19.0 Å². The summed E-state index contributed by atoms with van der Waals surface area (Å²) in [4.78, 5) is 23.4. The Morgan fingerprint density at radius 3 is 2.69 bits per heavy atom. The number of anilines is 1. The van der Waals surface area contributed by atoms with Crippen LogP contribution in [0.5, 0.6) is 11.5 Å². The number of likely N-dealkylation sites (tertiary alicyclic amines) is 1. The van der Waals surface area contributed by atoms with Gasteiger partial charge in [0.25, 0.3) is 0 Å². The SMILES string of the molecule is COc1ccc(CNc2nc(Cl)c(C)c3nc(C4CCN(C(=O)OC(C)(C)C)C4)nn23)c(OC)c1. The van der Waals surface area contributed by atoms with E-state index in [-0.39, 0.29) is 12.0 Å². The number of benzene rings is 1. The maximum absolute atomic E-state index is 12.5. The predicted octanol–water partition coefficient (Wildman–Crippen LogP) is 4.44. The van der Waals surface area contributed by atoms with Crippen molar-refractivity contribution in [3.8, 4) is 11.5 Å². The van der Waals surface area contributed by atoms with Gasteiger partial charge < -0.3 is 24.4 Å². The molecule has 11 heteroatoms. The molecule has 1 atom stereocenters. The van der Waals surface area contributed by atoms with E-state index in [0.29, 0.717) is 53.7 Å². The van der Waals surface area contributed by atoms with Gasteiger partial charge in [0.05, 0.1) is 14.2 Å². The number of nitrogens with one attached hydrogen (secondary N) is 1. The first-order valence-corrected chi connectivity index (χ1v) is 11.8. The Labute approximate surface area is 209 Å². The van der Waals surface area contributed by atoms with Crippen LogP contribution in [-0.4, -0.2) is 63.5 Å². The summed E-state index contributed by atoms with van der Waals surface area (Å²) in [5.74, 6) is 2.51. The van der Waals surface area contributed by atoms with E-state index in [1.54, 1.807) is 23.6 Å². The minimum atomic E-state index is -0.539. The number of hydrogen-bond acceptors (Lipinski definition) is 8. The molecule has 4 rings (SSSR count). The number of ether oxygens (including phenoxy) is 3. The van der Waals surface area contributed by atoms with E-state index in [2.05, 4.69) is 10.3 Å². The molecule has 0 spiro atoms. The van der Waals surface area contributed by atoms with Crippen molar-refractivity contribution in [1.82, 2.24) is 24.5 Å². The van der Waals surface area contributed by atoms with Crippen molar-refractivity contribution in [1.29, 1.82) is 0 Å². The number of halogens is 1. The smallest absolute Gasteiger partial charge is 0.410 e. The van der Waals surface area contributed by atoms with Crippen LogP contribution in [0, 0.1) is 6.92 Å². The lowest BCUT2D eigenvalue weighted by Gasteiger charge is -2.24. The zero-order chi connectivity index (χ0) is 25.3. The molecule has 1 aliphatic rings. The predicted molar refractivity (Wildman–Crippen MR) is 133 cm³/mol. The highest BCUT2D eigenvalue weighted by Gasteiger charge is 2.33. The summed E-state index contributed by atoms with van der Waals surface area (Å²) in [5.41, 5.74) is 1.74. The molecule has 188 valence electrons. The van der Waals surface area contributed by atoms with Gasteiger partial charge in [0.2, 0.25) is 5.95 Å². The van der Waals surface area contributed by atoms with Crippen LogP contribution in [0.15, 0.2) is 18.2 Å². The number of methoxy groups -OCH3 is 2. The van der Waals surface area contributed by atoms with E-state index in [4.69, 9.17) is 35.9 Å². The summed E-state index contributed by atoms with van der Waals surface area (Å²) < 4.78 is 17.9. The van der Waals surface area contributed by atoms with Gasteiger partial charge in [0.15, 0.2) is 11.5 Å². The molecular formula is C24H31ClN6O4. The second-order valence-corrected chi connectivity index (χ2v) is 9.86. The van der Waals surface area contributed by atoms with E-state index in [1.807, 2.05) is 45.9 Å². The molecule has 3 aromatic rings. The number of carbonyl (C=O) groups is 1. The van der Waals surface area contributed by atoms with Crippen molar-refractivity contribution in [2.24, 2.45) is 0 Å². The summed E-state index contributed by atoms with van der Waals surface area (Å²) in [7, 11) is 3.23. The minimum absolute atomic E-state index is 0.00451. The molecule has 3 heterocycles. The highest BCUT2D eigenvalue weighted by Crippen LogP contribution is 2.30. The fourth-order valence-corrected chi connectivity index (χ4v) is 4.12. The molecule has 0 saturated carbocycles. The summed E-state index contributed by atoms with van der Waals surface area (Å²) in [6, 6.07) is 5.62. The van der Waals surface area contributed by atoms with Crippen molar-refractivity contribution in [3.63, 3.8) is 0 Å². The van der Waals surface area contributed by atoms with E-state index in [0.717, 1.165) is 17.5 Å². The zero-order valence-electron chi connectivity index (χ0n) is 20.9. The average molecular weight is 503 g/mol. The third-order valence-electron chi connectivity index (χ3n) is 5.81. The molecule has 1 aromatic carbocycles. The van der Waals surface area contributed by atoms with E-state index in [9.17, 15) is 4.79 Å². The van der Waals surface area contributed by atoms with Crippen LogP contribution in [0.25, 0.3) is 5.65 Å². The van der Waals surface area contributed by atoms with Gasteiger partial charge in [-0.3, -0.25) is 0 Å². The highest BCUT2D eigenvalue weighted by atomic mass is 35.5. The molecule has 0 radical (unpaired) electrons. The summed E-state index contributed by atoms with van der Waals surface area (Å²) in [5, 5.41) is 8.39. The molecule has 1 saturated heterocycles. The Bertz CT molecular complexity index is 1240. The monoisotopic (exact) mass is 502 g/mol. The topological polar surface area (TPSA) is 103 Å². The molecule has 10 nitrogen and oxygen atoms in total. The number of fused-ring (bicyclic) bond motifs is 1. The van der Waals surface area contributed by atoms with E-state index >= 15 is 0 Å². The number of carbonyl (C=O) groups excluding carboxylic acids is 1. The Kier molecular flexibility index (Phi) is 6.93. The quantitative estimate of drug-likeness (QED) is 0.493. The van der Waals surface area contributed by atoms with Crippen molar-refractivity contribution >= 4 is 29.3 Å². The van der Waals surface area contributed by atoms with Gasteiger partial charge in [-0.15, -0.1) is 5.10 Å². The molecule has 1 aliphatic heterocycles. The van der Waals surface area contributed by atoms with Gasteiger partial charge in [-0.25, -0.2) is 14.8 Å². The summed E-state index contributed by atoms with van der Waals surface area (Å²) in [6.45, 7) is 8.96. The van der Waals surface area contributed by atoms with Gasteiger partial charge in [-0.05, 0) is 46.2 Å². The fraction of sp³-hybridized carbons (Fsp3) is 0.500. The third kappa shape index (κ3) is 5.37. The molecular weight excluding hydrogens is 472 g/mol. The Hall–Kier alpha value is -3.27. The van der Waals surface area contributed by atoms with Crippen LogP contribution in [0.2, 0.25) is 5.15 Å². The molecule has 0 bridgehead atoms. The van der Waals surface area contributed by atoms with Crippen LogP contribution in [0.3, 0.4) is 0 Å². The molecule has 1 unspecified atom stereocenters. The average Bonchev–Trinajstić information content (AvgIpc) is 3.47. The van der Waals surface area contributed by atoms with Gasteiger partial charge >= 0.3 is 6.09 Å². The van der Waals surface area contributed by atoms with Crippen LogP contribution in [-0.2, 0) is 11.3 Å². The lowest BCUT2D eigenvalue weighted by Crippen LogP contribution is -2.35. The van der Waals surface area contributed by atoms with Gasteiger partial charge in [-0.1, -0.05) is 11.6 Å². The normalized spacial score (nSPS) is 16.0. The first-order valence-electron chi connectivity index (χ1n) is 11.4. The van der Waals surface area contributed by atoms with E-state index < -0.39 is 5.60 Å². The maximum Gasteiger partial charge on any atom is 0.410 e. The Morgan fingerprint density at radius 1 is 1.23 bits per heavy atom. The molecule has 0 aliphatic carbocycles. The highest BCUT2D eigenvalue weighted by molar-refractivity contribution is 6.30. The largest absolute Gasteiger partial charge is 0.497 e. The zero-order valence-corrected chi connectivity index (χ0v) is 21.6. The van der Waals surface area contributed by atoms with Crippen molar-refractivity contribution in [2.45, 2.75) is 52.2 Å². The number of nitrogens with zero attached hydrogens (tertiary/aromatic N) is 5. The van der Waals surface area contributed by atoms with Crippen LogP contribution < -0.4 is 14.8 Å². The third-order valence-corrected chi connectivity index (χ3v) is 6.18. The number of rotatable bonds is 6. The summed E-state index contributed by atoms with van der Waals surface area (Å²) in [6.07, 6.45) is 0.433. The van der Waals surface area contributed by atoms with Crippen molar-refractivity contribution in [2.75, 3.05) is 32.6 Å². The maximum atomic E-state index is 12.5. The minimum Gasteiger partial charge on any atom is -0.497 e. The first kappa shape index (κ1) is 24.8. The standard InChI is InChI=1S/C24H31ClN6O4/c1-14-19(25)27-22(26-12-15-7-8-17(33-5)11-18(15)34-6)31-21(14)28-20(29-31)16-9-10-30(13-16)23(32)35-24(2,3)4/h7-8,11,16H,9-10,12-13H2,1-6H3,(H,26,27). The second kappa shape index (κ2) is 9.77.